The van der Waals surface area contributed by atoms with Gasteiger partial charge in [0.1, 0.15) is 22.9 Å². The third-order valence-electron chi connectivity index (χ3n) is 4.60. The molecule has 4 aromatic rings. The standard InChI is InChI=1S/C25H20ClNO3S/c1-2-29-25(28)23-20-11-4-6-13-22(20)31-24(23)27-15-17-8-7-10-19(14-17)30-16-18-9-3-5-12-21(18)26/h3-15H,2,16H2,1H3. The summed E-state index contributed by atoms with van der Waals surface area (Å²) in [6.07, 6.45) is 1.73. The third kappa shape index (κ3) is 4.95. The lowest BCUT2D eigenvalue weighted by atomic mass is 10.1. The minimum atomic E-state index is -0.357. The molecular weight excluding hydrogens is 430 g/mol. The zero-order valence-corrected chi connectivity index (χ0v) is 18.5. The highest BCUT2D eigenvalue weighted by Gasteiger charge is 2.19. The molecule has 1 aromatic heterocycles. The van der Waals surface area contributed by atoms with Gasteiger partial charge in [-0.05, 0) is 36.8 Å². The number of nitrogens with zero attached hydrogens (tertiary/aromatic N) is 1. The second-order valence-electron chi connectivity index (χ2n) is 6.71. The first kappa shape index (κ1) is 21.1. The molecule has 0 fully saturated rings. The molecule has 156 valence electrons. The Labute approximate surface area is 189 Å². The van der Waals surface area contributed by atoms with E-state index in [0.29, 0.717) is 34.6 Å². The molecule has 3 aromatic carbocycles. The molecule has 0 N–H and O–H groups in total. The Hall–Kier alpha value is -3.15. The summed E-state index contributed by atoms with van der Waals surface area (Å²) in [5, 5.41) is 2.16. The quantitative estimate of drug-likeness (QED) is 0.224. The van der Waals surface area contributed by atoms with Crippen LogP contribution in [0.25, 0.3) is 10.1 Å². The van der Waals surface area contributed by atoms with Crippen molar-refractivity contribution in [3.8, 4) is 5.75 Å². The van der Waals surface area contributed by atoms with Gasteiger partial charge in [-0.2, -0.15) is 0 Å². The number of hydrogen-bond donors (Lipinski definition) is 0. The Bertz CT molecular complexity index is 1250. The van der Waals surface area contributed by atoms with Gasteiger partial charge in [-0.1, -0.05) is 60.1 Å². The van der Waals surface area contributed by atoms with Crippen molar-refractivity contribution in [1.29, 1.82) is 0 Å². The van der Waals surface area contributed by atoms with Gasteiger partial charge in [0.25, 0.3) is 0 Å². The van der Waals surface area contributed by atoms with Gasteiger partial charge in [-0.3, -0.25) is 0 Å². The van der Waals surface area contributed by atoms with Gasteiger partial charge in [0, 0.05) is 26.9 Å². The van der Waals surface area contributed by atoms with Crippen LogP contribution >= 0.6 is 22.9 Å². The highest BCUT2D eigenvalue weighted by molar-refractivity contribution is 7.23. The summed E-state index contributed by atoms with van der Waals surface area (Å²) in [7, 11) is 0. The van der Waals surface area contributed by atoms with Crippen molar-refractivity contribution in [1.82, 2.24) is 0 Å². The third-order valence-corrected chi connectivity index (χ3v) is 6.05. The van der Waals surface area contributed by atoms with Crippen LogP contribution in [-0.4, -0.2) is 18.8 Å². The van der Waals surface area contributed by atoms with Crippen LogP contribution in [0.15, 0.2) is 77.8 Å². The van der Waals surface area contributed by atoms with Crippen molar-refractivity contribution < 1.29 is 14.3 Å². The summed E-state index contributed by atoms with van der Waals surface area (Å²) in [5.41, 5.74) is 2.29. The highest BCUT2D eigenvalue weighted by Crippen LogP contribution is 2.38. The molecule has 0 aliphatic heterocycles. The molecule has 6 heteroatoms. The van der Waals surface area contributed by atoms with Crippen LogP contribution in [0.2, 0.25) is 5.02 Å². The number of rotatable bonds is 7. The SMILES string of the molecule is CCOC(=O)c1c(N=Cc2cccc(OCc3ccccc3Cl)c2)sc2ccccc12. The van der Waals surface area contributed by atoms with E-state index in [2.05, 4.69) is 4.99 Å². The topological polar surface area (TPSA) is 47.9 Å². The number of ether oxygens (including phenoxy) is 2. The molecule has 31 heavy (non-hydrogen) atoms. The van der Waals surface area contributed by atoms with Crippen molar-refractivity contribution in [2.75, 3.05) is 6.61 Å². The molecule has 0 unspecified atom stereocenters. The summed E-state index contributed by atoms with van der Waals surface area (Å²) >= 11 is 7.66. The Morgan fingerprint density at radius 3 is 2.71 bits per heavy atom. The lowest BCUT2D eigenvalue weighted by Crippen LogP contribution is -2.03. The van der Waals surface area contributed by atoms with Crippen molar-refractivity contribution in [3.63, 3.8) is 0 Å². The first-order valence-corrected chi connectivity index (χ1v) is 11.0. The summed E-state index contributed by atoms with van der Waals surface area (Å²) in [4.78, 5) is 17.1. The molecule has 0 saturated carbocycles. The van der Waals surface area contributed by atoms with Crippen molar-refractivity contribution >= 4 is 50.2 Å². The van der Waals surface area contributed by atoms with E-state index in [4.69, 9.17) is 21.1 Å². The van der Waals surface area contributed by atoms with E-state index < -0.39 is 0 Å². The first-order chi connectivity index (χ1) is 15.2. The van der Waals surface area contributed by atoms with Crippen LogP contribution in [0.4, 0.5) is 5.00 Å². The summed E-state index contributed by atoms with van der Waals surface area (Å²) < 4.78 is 12.1. The van der Waals surface area contributed by atoms with E-state index in [1.165, 1.54) is 11.3 Å². The van der Waals surface area contributed by atoms with Gasteiger partial charge < -0.3 is 9.47 Å². The molecule has 0 saturated heterocycles. The molecule has 1 heterocycles. The minimum absolute atomic E-state index is 0.316. The van der Waals surface area contributed by atoms with E-state index in [0.717, 1.165) is 21.2 Å². The minimum Gasteiger partial charge on any atom is -0.489 e. The van der Waals surface area contributed by atoms with Gasteiger partial charge in [0.05, 0.1) is 6.61 Å². The smallest absolute Gasteiger partial charge is 0.341 e. The van der Waals surface area contributed by atoms with Gasteiger partial charge >= 0.3 is 5.97 Å². The Kier molecular flexibility index (Phi) is 6.65. The van der Waals surface area contributed by atoms with Gasteiger partial charge in [-0.15, -0.1) is 11.3 Å². The van der Waals surface area contributed by atoms with Gasteiger partial charge in [-0.25, -0.2) is 9.79 Å². The lowest BCUT2D eigenvalue weighted by Gasteiger charge is -2.08. The average Bonchev–Trinajstić information content (AvgIpc) is 3.16. The Morgan fingerprint density at radius 2 is 1.87 bits per heavy atom. The number of esters is 1. The molecule has 0 aliphatic carbocycles. The van der Waals surface area contributed by atoms with Crippen LogP contribution in [-0.2, 0) is 11.3 Å². The van der Waals surface area contributed by atoms with Crippen LogP contribution in [0.5, 0.6) is 5.75 Å². The molecule has 0 bridgehead atoms. The summed E-state index contributed by atoms with van der Waals surface area (Å²) in [6.45, 7) is 2.49. The van der Waals surface area contributed by atoms with Crippen LogP contribution in [0.1, 0.15) is 28.4 Å². The fraction of sp³-hybridized carbons (Fsp3) is 0.120. The number of carbonyl (C=O) groups is 1. The van der Waals surface area contributed by atoms with Crippen molar-refractivity contribution in [3.05, 3.63) is 94.5 Å². The predicted octanol–water partition coefficient (Wildman–Crippen LogP) is 7.06. The molecule has 0 aliphatic rings. The van der Waals surface area contributed by atoms with Gasteiger partial charge in [0.15, 0.2) is 0 Å². The summed E-state index contributed by atoms with van der Waals surface area (Å²) in [6, 6.07) is 23.0. The number of thiophene rings is 1. The predicted molar refractivity (Wildman–Crippen MR) is 127 cm³/mol. The largest absolute Gasteiger partial charge is 0.489 e. The molecule has 0 atom stereocenters. The van der Waals surface area contributed by atoms with E-state index in [1.807, 2.05) is 72.8 Å². The zero-order chi connectivity index (χ0) is 21.6. The van der Waals surface area contributed by atoms with Crippen LogP contribution in [0, 0.1) is 0 Å². The fourth-order valence-electron chi connectivity index (χ4n) is 3.12. The average molecular weight is 450 g/mol. The molecule has 4 rings (SSSR count). The number of halogens is 1. The van der Waals surface area contributed by atoms with E-state index in [9.17, 15) is 4.79 Å². The maximum Gasteiger partial charge on any atom is 0.341 e. The van der Waals surface area contributed by atoms with Crippen molar-refractivity contribution in [2.45, 2.75) is 13.5 Å². The molecule has 0 amide bonds. The maximum atomic E-state index is 12.5. The molecule has 0 spiro atoms. The zero-order valence-electron chi connectivity index (χ0n) is 16.9. The number of hydrogen-bond acceptors (Lipinski definition) is 5. The van der Waals surface area contributed by atoms with Crippen LogP contribution in [0.3, 0.4) is 0 Å². The van der Waals surface area contributed by atoms with Crippen molar-refractivity contribution in [2.24, 2.45) is 4.99 Å². The number of benzene rings is 3. The first-order valence-electron chi connectivity index (χ1n) is 9.84. The Balaban J connectivity index is 1.57. The Morgan fingerprint density at radius 1 is 1.06 bits per heavy atom. The second kappa shape index (κ2) is 9.77. The number of carbonyl (C=O) groups excluding carboxylic acids is 1. The molecular formula is C25H20ClNO3S. The molecule has 0 radical (unpaired) electrons. The normalized spacial score (nSPS) is 11.2. The summed E-state index contributed by atoms with van der Waals surface area (Å²) in [5.74, 6) is 0.356. The fourth-order valence-corrected chi connectivity index (χ4v) is 4.34. The molecule has 4 nitrogen and oxygen atoms in total. The van der Waals surface area contributed by atoms with Gasteiger partial charge in [0.2, 0.25) is 0 Å². The number of fused-ring (bicyclic) bond motifs is 1. The maximum absolute atomic E-state index is 12.5. The second-order valence-corrected chi connectivity index (χ2v) is 8.15. The monoisotopic (exact) mass is 449 g/mol. The van der Waals surface area contributed by atoms with E-state index in [-0.39, 0.29) is 5.97 Å². The highest BCUT2D eigenvalue weighted by atomic mass is 35.5. The van der Waals surface area contributed by atoms with E-state index in [1.54, 1.807) is 13.1 Å². The number of aliphatic imine (C=N–C) groups is 1. The van der Waals surface area contributed by atoms with E-state index >= 15 is 0 Å². The van der Waals surface area contributed by atoms with Crippen LogP contribution < -0.4 is 4.74 Å². The lowest BCUT2D eigenvalue weighted by molar-refractivity contribution is 0.0530.